The minimum absolute atomic E-state index is 0.243. The Morgan fingerprint density at radius 2 is 1.93 bits per heavy atom. The topological polar surface area (TPSA) is 49.0 Å². The summed E-state index contributed by atoms with van der Waals surface area (Å²) < 4.78 is 13.9. The Kier molecular flexibility index (Phi) is 5.70. The Hall–Kier alpha value is -2.69. The van der Waals surface area contributed by atoms with Crippen LogP contribution < -0.4 is 0 Å². The lowest BCUT2D eigenvalue weighted by Gasteiger charge is -2.20. The number of hydrogen-bond donors (Lipinski definition) is 1. The van der Waals surface area contributed by atoms with Crippen molar-refractivity contribution in [2.24, 2.45) is 0 Å². The molecule has 1 aromatic carbocycles. The third-order valence-corrected chi connectivity index (χ3v) is 5.57. The third kappa shape index (κ3) is 4.08. The highest BCUT2D eigenvalue weighted by Crippen LogP contribution is 2.31. The minimum Gasteiger partial charge on any atom is -0.353 e. The SMILES string of the molecule is O=C(CCCc1c(-c2ccccn2)[nH]c2ccc(F)cc12)N1CCCCCC1. The molecular weight excluding hydrogens is 353 g/mol. The molecule has 3 aromatic rings. The lowest BCUT2D eigenvalue weighted by Crippen LogP contribution is -2.31. The van der Waals surface area contributed by atoms with Gasteiger partial charge in [0.1, 0.15) is 5.82 Å². The quantitative estimate of drug-likeness (QED) is 0.671. The van der Waals surface area contributed by atoms with Gasteiger partial charge in [-0.1, -0.05) is 18.9 Å². The van der Waals surface area contributed by atoms with Gasteiger partial charge in [-0.25, -0.2) is 4.39 Å². The summed E-state index contributed by atoms with van der Waals surface area (Å²) in [4.78, 5) is 22.5. The summed E-state index contributed by atoms with van der Waals surface area (Å²) in [5.74, 6) is -0.00623. The molecule has 1 saturated heterocycles. The van der Waals surface area contributed by atoms with E-state index in [0.717, 1.165) is 66.6 Å². The van der Waals surface area contributed by atoms with Crippen LogP contribution in [0, 0.1) is 5.82 Å². The molecule has 2 aromatic heterocycles. The molecule has 1 aliphatic rings. The smallest absolute Gasteiger partial charge is 0.222 e. The highest BCUT2D eigenvalue weighted by Gasteiger charge is 2.18. The van der Waals surface area contributed by atoms with Crippen molar-refractivity contribution in [3.63, 3.8) is 0 Å². The molecule has 0 saturated carbocycles. The first-order chi connectivity index (χ1) is 13.7. The van der Waals surface area contributed by atoms with E-state index >= 15 is 0 Å². The molecule has 4 rings (SSSR count). The lowest BCUT2D eigenvalue weighted by atomic mass is 10.0. The Labute approximate surface area is 164 Å². The number of rotatable bonds is 5. The Morgan fingerprint density at radius 1 is 1.11 bits per heavy atom. The summed E-state index contributed by atoms with van der Waals surface area (Å²) in [5, 5.41) is 0.878. The molecule has 146 valence electrons. The van der Waals surface area contributed by atoms with Gasteiger partial charge >= 0.3 is 0 Å². The molecule has 0 aliphatic carbocycles. The van der Waals surface area contributed by atoms with Crippen LogP contribution in [0.1, 0.15) is 44.1 Å². The van der Waals surface area contributed by atoms with Gasteiger partial charge in [-0.15, -0.1) is 0 Å². The number of aromatic amines is 1. The van der Waals surface area contributed by atoms with Crippen molar-refractivity contribution in [2.45, 2.75) is 44.9 Å². The van der Waals surface area contributed by atoms with E-state index in [9.17, 15) is 9.18 Å². The van der Waals surface area contributed by atoms with Crippen LogP contribution in [0.2, 0.25) is 0 Å². The molecule has 1 amide bonds. The van der Waals surface area contributed by atoms with Crippen LogP contribution in [-0.2, 0) is 11.2 Å². The molecule has 1 N–H and O–H groups in total. The third-order valence-electron chi connectivity index (χ3n) is 5.57. The van der Waals surface area contributed by atoms with E-state index in [4.69, 9.17) is 0 Å². The molecule has 1 fully saturated rings. The monoisotopic (exact) mass is 379 g/mol. The minimum atomic E-state index is -0.249. The van der Waals surface area contributed by atoms with Gasteiger partial charge in [-0.2, -0.15) is 0 Å². The summed E-state index contributed by atoms with van der Waals surface area (Å²) in [5.41, 5.74) is 3.70. The van der Waals surface area contributed by atoms with Gasteiger partial charge in [0.15, 0.2) is 0 Å². The first-order valence-electron chi connectivity index (χ1n) is 10.2. The van der Waals surface area contributed by atoms with E-state index in [1.165, 1.54) is 18.9 Å². The van der Waals surface area contributed by atoms with E-state index in [0.29, 0.717) is 6.42 Å². The van der Waals surface area contributed by atoms with Crippen LogP contribution in [0.5, 0.6) is 0 Å². The number of aryl methyl sites for hydroxylation is 1. The number of amides is 1. The van der Waals surface area contributed by atoms with Gasteiger partial charge in [0, 0.05) is 36.6 Å². The Bertz CT molecular complexity index is 943. The maximum Gasteiger partial charge on any atom is 0.222 e. The molecule has 28 heavy (non-hydrogen) atoms. The fourth-order valence-corrected chi connectivity index (χ4v) is 4.10. The standard InChI is InChI=1S/C23H26FN3O/c24-17-11-12-20-19(16-17)18(23(26-20)21-9-3-4-13-25-21)8-7-10-22(28)27-14-5-1-2-6-15-27/h3-4,9,11-13,16,26H,1-2,5-8,10,14-15H2. The first kappa shape index (κ1) is 18.7. The summed E-state index contributed by atoms with van der Waals surface area (Å²) in [6.45, 7) is 1.77. The number of pyridine rings is 1. The number of nitrogens with zero attached hydrogens (tertiary/aromatic N) is 2. The highest BCUT2D eigenvalue weighted by molar-refractivity contribution is 5.90. The van der Waals surface area contributed by atoms with Crippen molar-refractivity contribution < 1.29 is 9.18 Å². The number of likely N-dealkylation sites (tertiary alicyclic amines) is 1. The average Bonchev–Trinajstić information content (AvgIpc) is 2.89. The fourth-order valence-electron chi connectivity index (χ4n) is 4.10. The van der Waals surface area contributed by atoms with Gasteiger partial charge < -0.3 is 9.88 Å². The molecule has 4 nitrogen and oxygen atoms in total. The predicted molar refractivity (Wildman–Crippen MR) is 109 cm³/mol. The zero-order valence-electron chi connectivity index (χ0n) is 16.1. The van der Waals surface area contributed by atoms with E-state index in [-0.39, 0.29) is 11.7 Å². The van der Waals surface area contributed by atoms with Crippen LogP contribution in [0.4, 0.5) is 4.39 Å². The van der Waals surface area contributed by atoms with Crippen LogP contribution in [0.25, 0.3) is 22.3 Å². The van der Waals surface area contributed by atoms with E-state index in [1.807, 2.05) is 23.1 Å². The number of benzene rings is 1. The van der Waals surface area contributed by atoms with Gasteiger partial charge in [0.05, 0.1) is 11.4 Å². The van der Waals surface area contributed by atoms with Gasteiger partial charge in [-0.05, 0) is 61.6 Å². The van der Waals surface area contributed by atoms with Crippen LogP contribution in [0.3, 0.4) is 0 Å². The van der Waals surface area contributed by atoms with Crippen LogP contribution in [0.15, 0.2) is 42.6 Å². The van der Waals surface area contributed by atoms with Crippen LogP contribution in [-0.4, -0.2) is 33.9 Å². The molecule has 1 aliphatic heterocycles. The molecule has 0 bridgehead atoms. The normalized spacial score (nSPS) is 15.0. The zero-order chi connectivity index (χ0) is 19.3. The second-order valence-corrected chi connectivity index (χ2v) is 7.53. The van der Waals surface area contributed by atoms with Gasteiger partial charge in [-0.3, -0.25) is 9.78 Å². The molecule has 3 heterocycles. The average molecular weight is 379 g/mol. The van der Waals surface area contributed by atoms with Gasteiger partial charge in [0.2, 0.25) is 5.91 Å². The van der Waals surface area contributed by atoms with Crippen molar-refractivity contribution in [1.29, 1.82) is 0 Å². The second kappa shape index (κ2) is 8.55. The summed E-state index contributed by atoms with van der Waals surface area (Å²) >= 11 is 0. The Balaban J connectivity index is 1.53. The predicted octanol–water partition coefficient (Wildman–Crippen LogP) is 5.09. The number of fused-ring (bicyclic) bond motifs is 1. The maximum atomic E-state index is 13.9. The van der Waals surface area contributed by atoms with E-state index < -0.39 is 0 Å². The number of hydrogen-bond acceptors (Lipinski definition) is 2. The number of carbonyl (C=O) groups excluding carboxylic acids is 1. The summed E-state index contributed by atoms with van der Waals surface area (Å²) in [6.07, 6.45) is 8.41. The molecule has 5 heteroatoms. The largest absolute Gasteiger partial charge is 0.353 e. The lowest BCUT2D eigenvalue weighted by molar-refractivity contribution is -0.131. The number of halogens is 1. The highest BCUT2D eigenvalue weighted by atomic mass is 19.1. The molecule has 0 unspecified atom stereocenters. The van der Waals surface area contributed by atoms with Crippen LogP contribution >= 0.6 is 0 Å². The van der Waals surface area contributed by atoms with Gasteiger partial charge in [0.25, 0.3) is 0 Å². The zero-order valence-corrected chi connectivity index (χ0v) is 16.1. The van der Waals surface area contributed by atoms with Crippen molar-refractivity contribution in [3.05, 3.63) is 54.0 Å². The second-order valence-electron chi connectivity index (χ2n) is 7.53. The number of H-pyrrole nitrogens is 1. The van der Waals surface area contributed by atoms with E-state index in [2.05, 4.69) is 9.97 Å². The first-order valence-corrected chi connectivity index (χ1v) is 10.2. The molecule has 0 spiro atoms. The van der Waals surface area contributed by atoms with E-state index in [1.54, 1.807) is 18.3 Å². The fraction of sp³-hybridized carbons (Fsp3) is 0.391. The summed E-state index contributed by atoms with van der Waals surface area (Å²) in [6, 6.07) is 10.6. The summed E-state index contributed by atoms with van der Waals surface area (Å²) in [7, 11) is 0. The molecular formula is C23H26FN3O. The van der Waals surface area contributed by atoms with Crippen molar-refractivity contribution in [2.75, 3.05) is 13.1 Å². The number of nitrogens with one attached hydrogen (secondary N) is 1. The molecule has 0 atom stereocenters. The van der Waals surface area contributed by atoms with Crippen molar-refractivity contribution in [3.8, 4) is 11.4 Å². The maximum absolute atomic E-state index is 13.9. The molecule has 0 radical (unpaired) electrons. The number of aromatic nitrogens is 2. The Morgan fingerprint density at radius 3 is 2.68 bits per heavy atom. The van der Waals surface area contributed by atoms with Crippen molar-refractivity contribution in [1.82, 2.24) is 14.9 Å². The van der Waals surface area contributed by atoms with Crippen molar-refractivity contribution >= 4 is 16.8 Å². The number of carbonyl (C=O) groups is 1.